The molecule has 0 aliphatic rings. The first-order chi connectivity index (χ1) is 8.86. The lowest BCUT2D eigenvalue weighted by Gasteiger charge is -2.17. The van der Waals surface area contributed by atoms with E-state index in [0.29, 0.717) is 0 Å². The first-order valence-electron chi connectivity index (χ1n) is 7.32. The minimum atomic E-state index is 1.16. The number of hydrogen-bond donors (Lipinski definition) is 1. The molecule has 0 atom stereocenters. The SMILES string of the molecule is CCN(CC)CCCNCCCCc1cccs1. The lowest BCUT2D eigenvalue weighted by molar-refractivity contribution is 0.298. The zero-order valence-corrected chi connectivity index (χ0v) is 12.8. The number of nitrogens with one attached hydrogen (secondary N) is 1. The average Bonchev–Trinajstić information content (AvgIpc) is 2.90. The van der Waals surface area contributed by atoms with Crippen LogP contribution in [-0.2, 0) is 6.42 Å². The third-order valence-corrected chi connectivity index (χ3v) is 4.27. The van der Waals surface area contributed by atoms with Crippen LogP contribution in [0.25, 0.3) is 0 Å². The molecule has 0 amide bonds. The smallest absolute Gasteiger partial charge is 0.00452 e. The maximum Gasteiger partial charge on any atom is 0.00452 e. The molecule has 3 heteroatoms. The molecule has 0 aliphatic carbocycles. The predicted molar refractivity (Wildman–Crippen MR) is 82.5 cm³/mol. The summed E-state index contributed by atoms with van der Waals surface area (Å²) in [4.78, 5) is 4.01. The van der Waals surface area contributed by atoms with Crippen LogP contribution in [0.5, 0.6) is 0 Å². The van der Waals surface area contributed by atoms with Gasteiger partial charge in [0.25, 0.3) is 0 Å². The van der Waals surface area contributed by atoms with Gasteiger partial charge in [-0.1, -0.05) is 19.9 Å². The van der Waals surface area contributed by atoms with Crippen molar-refractivity contribution in [1.82, 2.24) is 10.2 Å². The first kappa shape index (κ1) is 15.7. The Labute approximate surface area is 116 Å². The van der Waals surface area contributed by atoms with Gasteiger partial charge < -0.3 is 10.2 Å². The molecular formula is C15H28N2S. The number of aryl methyl sites for hydroxylation is 1. The molecule has 0 aromatic carbocycles. The van der Waals surface area contributed by atoms with Gasteiger partial charge in [0, 0.05) is 4.88 Å². The quantitative estimate of drug-likeness (QED) is 0.619. The Balaban J connectivity index is 1.84. The van der Waals surface area contributed by atoms with Crippen molar-refractivity contribution in [3.05, 3.63) is 22.4 Å². The number of thiophene rings is 1. The van der Waals surface area contributed by atoms with E-state index >= 15 is 0 Å². The van der Waals surface area contributed by atoms with E-state index in [1.807, 2.05) is 11.3 Å². The minimum absolute atomic E-state index is 1.16. The molecule has 1 aromatic heterocycles. The molecule has 104 valence electrons. The second kappa shape index (κ2) is 10.5. The number of hydrogen-bond acceptors (Lipinski definition) is 3. The van der Waals surface area contributed by atoms with E-state index in [4.69, 9.17) is 0 Å². The first-order valence-corrected chi connectivity index (χ1v) is 8.20. The summed E-state index contributed by atoms with van der Waals surface area (Å²) in [6.45, 7) is 10.4. The van der Waals surface area contributed by atoms with Gasteiger partial charge in [0.15, 0.2) is 0 Å². The highest BCUT2D eigenvalue weighted by Gasteiger charge is 1.98. The van der Waals surface area contributed by atoms with Crippen molar-refractivity contribution < 1.29 is 0 Å². The van der Waals surface area contributed by atoms with E-state index in [1.54, 1.807) is 0 Å². The van der Waals surface area contributed by atoms with Crippen LogP contribution in [0, 0.1) is 0 Å². The molecule has 0 spiro atoms. The van der Waals surface area contributed by atoms with E-state index in [0.717, 1.165) is 6.54 Å². The molecule has 0 bridgehead atoms. The molecule has 2 nitrogen and oxygen atoms in total. The van der Waals surface area contributed by atoms with Gasteiger partial charge in [0.05, 0.1) is 0 Å². The van der Waals surface area contributed by atoms with Gasteiger partial charge in [-0.15, -0.1) is 11.3 Å². The van der Waals surface area contributed by atoms with Gasteiger partial charge in [-0.05, 0) is 69.9 Å². The minimum Gasteiger partial charge on any atom is -0.317 e. The Morgan fingerprint density at radius 3 is 2.56 bits per heavy atom. The molecule has 0 aliphatic heterocycles. The molecule has 0 fully saturated rings. The van der Waals surface area contributed by atoms with Gasteiger partial charge in [0.1, 0.15) is 0 Å². The summed E-state index contributed by atoms with van der Waals surface area (Å²) in [7, 11) is 0. The molecule has 1 aromatic rings. The molecule has 1 rings (SSSR count). The summed E-state index contributed by atoms with van der Waals surface area (Å²) in [5.74, 6) is 0. The topological polar surface area (TPSA) is 15.3 Å². The fraction of sp³-hybridized carbons (Fsp3) is 0.733. The number of rotatable bonds is 11. The summed E-state index contributed by atoms with van der Waals surface area (Å²) < 4.78 is 0. The Hall–Kier alpha value is -0.380. The predicted octanol–water partition coefficient (Wildman–Crippen LogP) is 3.39. The summed E-state index contributed by atoms with van der Waals surface area (Å²) in [5.41, 5.74) is 0. The molecule has 0 unspecified atom stereocenters. The van der Waals surface area contributed by atoms with E-state index in [1.165, 1.54) is 56.7 Å². The maximum absolute atomic E-state index is 3.55. The van der Waals surface area contributed by atoms with E-state index in [2.05, 4.69) is 41.6 Å². The van der Waals surface area contributed by atoms with Crippen LogP contribution >= 0.6 is 11.3 Å². The van der Waals surface area contributed by atoms with Gasteiger partial charge in [-0.3, -0.25) is 0 Å². The van der Waals surface area contributed by atoms with E-state index < -0.39 is 0 Å². The van der Waals surface area contributed by atoms with Gasteiger partial charge >= 0.3 is 0 Å². The highest BCUT2D eigenvalue weighted by Crippen LogP contribution is 2.11. The molecule has 0 radical (unpaired) electrons. The largest absolute Gasteiger partial charge is 0.317 e. The molecule has 0 saturated heterocycles. The summed E-state index contributed by atoms with van der Waals surface area (Å²) in [6, 6.07) is 4.38. The van der Waals surface area contributed by atoms with Crippen LogP contribution in [0.4, 0.5) is 0 Å². The second-order valence-corrected chi connectivity index (χ2v) is 5.70. The Morgan fingerprint density at radius 1 is 1.11 bits per heavy atom. The fourth-order valence-electron chi connectivity index (χ4n) is 2.10. The Morgan fingerprint density at radius 2 is 1.89 bits per heavy atom. The molecule has 0 saturated carbocycles. The monoisotopic (exact) mass is 268 g/mol. The van der Waals surface area contributed by atoms with E-state index in [-0.39, 0.29) is 0 Å². The molecule has 18 heavy (non-hydrogen) atoms. The lowest BCUT2D eigenvalue weighted by atomic mass is 10.2. The van der Waals surface area contributed by atoms with Crippen LogP contribution in [0.15, 0.2) is 17.5 Å². The summed E-state index contributed by atoms with van der Waals surface area (Å²) in [5, 5.41) is 5.71. The lowest BCUT2D eigenvalue weighted by Crippen LogP contribution is -2.27. The number of unbranched alkanes of at least 4 members (excludes halogenated alkanes) is 1. The standard InChI is InChI=1S/C15H28N2S/c1-3-17(4-2)13-8-12-16-11-6-5-9-15-10-7-14-18-15/h7,10,14,16H,3-6,8-9,11-13H2,1-2H3. The van der Waals surface area contributed by atoms with Crippen molar-refractivity contribution in [2.45, 2.75) is 39.5 Å². The Kier molecular flexibility index (Phi) is 9.17. The van der Waals surface area contributed by atoms with Crippen LogP contribution in [0.2, 0.25) is 0 Å². The zero-order valence-electron chi connectivity index (χ0n) is 12.0. The summed E-state index contributed by atoms with van der Waals surface area (Å²) in [6.07, 6.45) is 5.12. The van der Waals surface area contributed by atoms with Gasteiger partial charge in [-0.2, -0.15) is 0 Å². The average molecular weight is 268 g/mol. The Bertz CT molecular complexity index is 268. The van der Waals surface area contributed by atoms with Crippen molar-refractivity contribution >= 4 is 11.3 Å². The zero-order chi connectivity index (χ0) is 13.1. The van der Waals surface area contributed by atoms with Crippen LogP contribution in [0.1, 0.15) is 38.0 Å². The second-order valence-electron chi connectivity index (χ2n) is 4.67. The van der Waals surface area contributed by atoms with Crippen LogP contribution < -0.4 is 5.32 Å². The maximum atomic E-state index is 3.55. The van der Waals surface area contributed by atoms with Crippen molar-refractivity contribution in [2.75, 3.05) is 32.7 Å². The van der Waals surface area contributed by atoms with Crippen molar-refractivity contribution in [3.8, 4) is 0 Å². The molecule has 1 heterocycles. The fourth-order valence-corrected chi connectivity index (χ4v) is 2.85. The van der Waals surface area contributed by atoms with Gasteiger partial charge in [-0.25, -0.2) is 0 Å². The van der Waals surface area contributed by atoms with E-state index in [9.17, 15) is 0 Å². The highest BCUT2D eigenvalue weighted by molar-refractivity contribution is 7.09. The highest BCUT2D eigenvalue weighted by atomic mass is 32.1. The van der Waals surface area contributed by atoms with Crippen LogP contribution in [-0.4, -0.2) is 37.6 Å². The van der Waals surface area contributed by atoms with Crippen molar-refractivity contribution in [2.24, 2.45) is 0 Å². The van der Waals surface area contributed by atoms with Crippen molar-refractivity contribution in [1.29, 1.82) is 0 Å². The molecular weight excluding hydrogens is 240 g/mol. The third-order valence-electron chi connectivity index (χ3n) is 3.33. The van der Waals surface area contributed by atoms with Gasteiger partial charge in [0.2, 0.25) is 0 Å². The third kappa shape index (κ3) is 7.14. The normalized spacial score (nSPS) is 11.3. The van der Waals surface area contributed by atoms with Crippen molar-refractivity contribution in [3.63, 3.8) is 0 Å². The molecule has 1 N–H and O–H groups in total. The van der Waals surface area contributed by atoms with Crippen LogP contribution in [0.3, 0.4) is 0 Å². The number of nitrogens with zero attached hydrogens (tertiary/aromatic N) is 1. The summed E-state index contributed by atoms with van der Waals surface area (Å²) >= 11 is 1.88.